The molecule has 0 aromatic rings. The van der Waals surface area contributed by atoms with Crippen molar-refractivity contribution in [3.8, 4) is 0 Å². The van der Waals surface area contributed by atoms with E-state index in [9.17, 15) is 0 Å². The van der Waals surface area contributed by atoms with Crippen molar-refractivity contribution in [3.63, 3.8) is 0 Å². The van der Waals surface area contributed by atoms with Crippen LogP contribution >= 0.6 is 0 Å². The van der Waals surface area contributed by atoms with Crippen molar-refractivity contribution in [3.05, 3.63) is 0 Å². The van der Waals surface area contributed by atoms with Gasteiger partial charge in [0.2, 0.25) is 0 Å². The summed E-state index contributed by atoms with van der Waals surface area (Å²) >= 11 is 0. The zero-order valence-corrected chi connectivity index (χ0v) is 9.71. The second-order valence-electron chi connectivity index (χ2n) is 5.62. The Balaban J connectivity index is 1.98. The largest absolute Gasteiger partial charge is 0.392 e. The molecule has 0 aromatic carbocycles. The molecular weight excluding hydrogens is 174 g/mol. The molecule has 2 heteroatoms. The maximum atomic E-state index is 5.62. The van der Waals surface area contributed by atoms with Gasteiger partial charge in [-0.05, 0) is 44.4 Å². The lowest BCUT2D eigenvalue weighted by molar-refractivity contribution is -0.162. The molecule has 3 fully saturated rings. The minimum Gasteiger partial charge on any atom is -0.392 e. The number of fused-ring (bicyclic) bond motifs is 2. The Hall–Kier alpha value is -0.530. The van der Waals surface area contributed by atoms with Crippen LogP contribution in [0.1, 0.15) is 47.0 Å². The first-order chi connectivity index (χ1) is 6.51. The lowest BCUT2D eigenvalue weighted by Gasteiger charge is -2.58. The summed E-state index contributed by atoms with van der Waals surface area (Å²) in [5, 5.41) is 4.11. The molecule has 2 bridgehead atoms. The zero-order chi connectivity index (χ0) is 10.3. The highest BCUT2D eigenvalue weighted by atomic mass is 16.6. The van der Waals surface area contributed by atoms with E-state index in [0.29, 0.717) is 11.5 Å². The van der Waals surface area contributed by atoms with E-state index >= 15 is 0 Å². The molecule has 3 rings (SSSR count). The van der Waals surface area contributed by atoms with E-state index in [1.165, 1.54) is 19.3 Å². The van der Waals surface area contributed by atoms with Crippen molar-refractivity contribution in [1.82, 2.24) is 0 Å². The Labute approximate surface area is 86.7 Å². The molecule has 80 valence electrons. The summed E-state index contributed by atoms with van der Waals surface area (Å²) < 4.78 is 0. The van der Waals surface area contributed by atoms with Gasteiger partial charge in [0.05, 0.1) is 5.71 Å². The third-order valence-corrected chi connectivity index (χ3v) is 4.17. The molecule has 3 aliphatic carbocycles. The number of nitrogens with zero attached hydrogens (tertiary/aromatic N) is 1. The van der Waals surface area contributed by atoms with E-state index in [1.54, 1.807) is 0 Å². The van der Waals surface area contributed by atoms with E-state index in [2.05, 4.69) is 19.0 Å². The van der Waals surface area contributed by atoms with Gasteiger partial charge in [0, 0.05) is 5.92 Å². The smallest absolute Gasteiger partial charge is 0.130 e. The minimum atomic E-state index is 0.380. The van der Waals surface area contributed by atoms with Gasteiger partial charge in [-0.1, -0.05) is 19.0 Å². The molecule has 3 aliphatic rings. The molecule has 3 saturated carbocycles. The normalized spacial score (nSPS) is 38.4. The predicted octanol–water partition coefficient (Wildman–Crippen LogP) is 3.22. The molecule has 0 radical (unpaired) electrons. The van der Waals surface area contributed by atoms with E-state index in [-0.39, 0.29) is 0 Å². The van der Waals surface area contributed by atoms with Crippen LogP contribution in [0.4, 0.5) is 0 Å². The summed E-state index contributed by atoms with van der Waals surface area (Å²) in [6.07, 6.45) is 4.27. The lowest BCUT2D eigenvalue weighted by atomic mass is 9.48. The van der Waals surface area contributed by atoms with Crippen LogP contribution in [0.2, 0.25) is 0 Å². The molecule has 0 aromatic heterocycles. The fourth-order valence-corrected chi connectivity index (χ4v) is 3.04. The van der Waals surface area contributed by atoms with Gasteiger partial charge < -0.3 is 4.84 Å². The molecule has 0 unspecified atom stereocenters. The predicted molar refractivity (Wildman–Crippen MR) is 58.3 cm³/mol. The molecule has 0 saturated heterocycles. The lowest BCUT2D eigenvalue weighted by Crippen LogP contribution is -2.55. The second kappa shape index (κ2) is 3.25. The quantitative estimate of drug-likeness (QED) is 0.489. The van der Waals surface area contributed by atoms with Crippen molar-refractivity contribution in [2.24, 2.45) is 22.4 Å². The van der Waals surface area contributed by atoms with Gasteiger partial charge in [-0.2, -0.15) is 0 Å². The highest BCUT2D eigenvalue weighted by Gasteiger charge is 2.55. The van der Waals surface area contributed by atoms with Crippen LogP contribution in [-0.2, 0) is 4.84 Å². The Bertz CT molecular complexity index is 251. The summed E-state index contributed by atoms with van der Waals surface area (Å²) in [5.74, 6) is 1.68. The first-order valence-electron chi connectivity index (χ1n) is 5.69. The van der Waals surface area contributed by atoms with Gasteiger partial charge in [-0.15, -0.1) is 0 Å². The Morgan fingerprint density at radius 1 is 1.29 bits per heavy atom. The summed E-state index contributed by atoms with van der Waals surface area (Å²) in [5.41, 5.74) is 1.52. The molecular formula is C12H21NO. The first-order valence-corrected chi connectivity index (χ1v) is 5.69. The van der Waals surface area contributed by atoms with Crippen molar-refractivity contribution in [2.75, 3.05) is 0 Å². The van der Waals surface area contributed by atoms with Gasteiger partial charge in [0.25, 0.3) is 0 Å². The minimum absolute atomic E-state index is 0.380. The van der Waals surface area contributed by atoms with Crippen molar-refractivity contribution in [1.29, 1.82) is 0 Å². The van der Waals surface area contributed by atoms with E-state index < -0.39 is 0 Å². The third kappa shape index (κ3) is 1.45. The summed E-state index contributed by atoms with van der Waals surface area (Å²) in [4.78, 5) is 5.62. The monoisotopic (exact) mass is 195 g/mol. The van der Waals surface area contributed by atoms with Gasteiger partial charge in [-0.3, -0.25) is 0 Å². The van der Waals surface area contributed by atoms with E-state index in [0.717, 1.165) is 17.5 Å². The third-order valence-electron chi connectivity index (χ3n) is 4.17. The molecule has 3 atom stereocenters. The van der Waals surface area contributed by atoms with Gasteiger partial charge >= 0.3 is 0 Å². The average molecular weight is 195 g/mol. The van der Waals surface area contributed by atoms with Crippen LogP contribution in [0.25, 0.3) is 0 Å². The van der Waals surface area contributed by atoms with Crippen molar-refractivity contribution >= 4 is 5.71 Å². The standard InChI is InChI=1S/C12H21NO/c1-8(2)13-14-11-6-5-9-7-10(11)12(9,3)4/h9-11H,5-7H2,1-4H3/t9-,10-,11-/m0/s1. The molecule has 0 aliphatic heterocycles. The number of hydrogen-bond donors (Lipinski definition) is 0. The van der Waals surface area contributed by atoms with E-state index in [1.807, 2.05) is 13.8 Å². The Morgan fingerprint density at radius 3 is 2.50 bits per heavy atom. The van der Waals surface area contributed by atoms with Crippen LogP contribution < -0.4 is 0 Å². The molecule has 0 amide bonds. The van der Waals surface area contributed by atoms with E-state index in [4.69, 9.17) is 4.84 Å². The molecule has 0 heterocycles. The number of oxime groups is 1. The van der Waals surface area contributed by atoms with Crippen LogP contribution in [0.5, 0.6) is 0 Å². The summed E-state index contributed by atoms with van der Waals surface area (Å²) in [7, 11) is 0. The Kier molecular flexibility index (Phi) is 2.32. The fourth-order valence-electron chi connectivity index (χ4n) is 3.04. The average Bonchev–Trinajstić information content (AvgIpc) is 2.14. The summed E-state index contributed by atoms with van der Waals surface area (Å²) in [6, 6.07) is 0. The maximum Gasteiger partial charge on any atom is 0.130 e. The van der Waals surface area contributed by atoms with Gasteiger partial charge in [-0.25, -0.2) is 0 Å². The van der Waals surface area contributed by atoms with Crippen LogP contribution in [0.15, 0.2) is 5.16 Å². The summed E-state index contributed by atoms with van der Waals surface area (Å²) in [6.45, 7) is 8.73. The SMILES string of the molecule is CC(C)=NO[C@H]1CC[C@H]2C[C@@H]1C2(C)C. The zero-order valence-electron chi connectivity index (χ0n) is 9.71. The van der Waals surface area contributed by atoms with Gasteiger partial charge in [0.15, 0.2) is 0 Å². The van der Waals surface area contributed by atoms with Gasteiger partial charge in [0.1, 0.15) is 6.10 Å². The topological polar surface area (TPSA) is 21.6 Å². The van der Waals surface area contributed by atoms with Crippen molar-refractivity contribution < 1.29 is 4.84 Å². The number of hydrogen-bond acceptors (Lipinski definition) is 2. The van der Waals surface area contributed by atoms with Crippen LogP contribution in [0.3, 0.4) is 0 Å². The highest BCUT2D eigenvalue weighted by molar-refractivity contribution is 5.78. The van der Waals surface area contributed by atoms with Crippen LogP contribution in [-0.4, -0.2) is 11.8 Å². The molecule has 14 heavy (non-hydrogen) atoms. The number of rotatable bonds is 2. The first kappa shape index (κ1) is 10.0. The Morgan fingerprint density at radius 2 is 2.00 bits per heavy atom. The van der Waals surface area contributed by atoms with Crippen LogP contribution in [0, 0.1) is 17.3 Å². The molecule has 0 N–H and O–H groups in total. The maximum absolute atomic E-state index is 5.62. The molecule has 0 spiro atoms. The fraction of sp³-hybridized carbons (Fsp3) is 0.917. The highest BCUT2D eigenvalue weighted by Crippen LogP contribution is 2.59. The van der Waals surface area contributed by atoms with Crippen molar-refractivity contribution in [2.45, 2.75) is 53.1 Å². The second-order valence-corrected chi connectivity index (χ2v) is 5.62. The molecule has 2 nitrogen and oxygen atoms in total.